The van der Waals surface area contributed by atoms with Gasteiger partial charge >= 0.3 is 0 Å². The first-order valence-corrected chi connectivity index (χ1v) is 7.33. The maximum absolute atomic E-state index is 12.2. The average molecular weight is 258 g/mol. The maximum Gasteiger partial charge on any atom is 0.224 e. The summed E-state index contributed by atoms with van der Waals surface area (Å²) in [6.07, 6.45) is 0.466. The van der Waals surface area contributed by atoms with Crippen LogP contribution in [0.3, 0.4) is 0 Å². The zero-order valence-corrected chi connectivity index (χ0v) is 12.5. The highest BCUT2D eigenvalue weighted by Gasteiger charge is 2.29. The molecule has 2 N–H and O–H groups in total. The van der Waals surface area contributed by atoms with Gasteiger partial charge in [-0.1, -0.05) is 34.6 Å². The number of hydrogen-bond donors (Lipinski definition) is 1. The fraction of sp³-hybridized carbons (Fsp3) is 0.923. The van der Waals surface area contributed by atoms with Gasteiger partial charge in [0.1, 0.15) is 0 Å². The van der Waals surface area contributed by atoms with Crippen LogP contribution in [0.4, 0.5) is 0 Å². The Labute approximate surface area is 109 Å². The Kier molecular flexibility index (Phi) is 4.90. The van der Waals surface area contributed by atoms with Gasteiger partial charge in [0, 0.05) is 36.1 Å². The van der Waals surface area contributed by atoms with Crippen molar-refractivity contribution >= 4 is 17.7 Å². The van der Waals surface area contributed by atoms with E-state index in [1.54, 1.807) is 0 Å². The Balaban J connectivity index is 2.53. The monoisotopic (exact) mass is 258 g/mol. The van der Waals surface area contributed by atoms with Crippen molar-refractivity contribution in [3.8, 4) is 0 Å². The second-order valence-electron chi connectivity index (χ2n) is 6.23. The summed E-state index contributed by atoms with van der Waals surface area (Å²) in [5.41, 5.74) is 6.07. The van der Waals surface area contributed by atoms with E-state index in [1.807, 2.05) is 16.7 Å². The SMILES string of the molecule is CC1CN(C(=O)CC(N)C(C)(C)C)CC(C)S1. The number of hydrogen-bond acceptors (Lipinski definition) is 3. The number of carbonyl (C=O) groups excluding carboxylic acids is 1. The molecule has 4 heteroatoms. The molecule has 1 amide bonds. The normalized spacial score (nSPS) is 28.0. The molecule has 17 heavy (non-hydrogen) atoms. The third-order valence-corrected chi connectivity index (χ3v) is 4.51. The number of carbonyl (C=O) groups is 1. The van der Waals surface area contributed by atoms with Crippen molar-refractivity contribution < 1.29 is 4.79 Å². The van der Waals surface area contributed by atoms with Gasteiger partial charge in [-0.25, -0.2) is 0 Å². The minimum atomic E-state index is -0.0600. The Bertz CT molecular complexity index is 265. The molecule has 0 bridgehead atoms. The maximum atomic E-state index is 12.2. The molecule has 0 saturated carbocycles. The first kappa shape index (κ1) is 14.8. The third-order valence-electron chi connectivity index (χ3n) is 3.28. The topological polar surface area (TPSA) is 46.3 Å². The molecular weight excluding hydrogens is 232 g/mol. The lowest BCUT2D eigenvalue weighted by Crippen LogP contribution is -2.47. The first-order chi connectivity index (χ1) is 7.70. The molecule has 1 fully saturated rings. The van der Waals surface area contributed by atoms with E-state index in [-0.39, 0.29) is 17.4 Å². The number of amides is 1. The van der Waals surface area contributed by atoms with E-state index in [4.69, 9.17) is 5.73 Å². The standard InChI is InChI=1S/C13H26N2OS/c1-9-7-15(8-10(2)17-9)12(16)6-11(14)13(3,4)5/h9-11H,6-8,14H2,1-5H3. The zero-order valence-electron chi connectivity index (χ0n) is 11.7. The van der Waals surface area contributed by atoms with Gasteiger partial charge < -0.3 is 10.6 Å². The van der Waals surface area contributed by atoms with Crippen LogP contribution in [0, 0.1) is 5.41 Å². The summed E-state index contributed by atoms with van der Waals surface area (Å²) < 4.78 is 0. The van der Waals surface area contributed by atoms with Crippen LogP contribution >= 0.6 is 11.8 Å². The minimum Gasteiger partial charge on any atom is -0.340 e. The van der Waals surface area contributed by atoms with Crippen LogP contribution in [-0.2, 0) is 4.79 Å². The average Bonchev–Trinajstić information content (AvgIpc) is 2.14. The van der Waals surface area contributed by atoms with Gasteiger partial charge in [0.25, 0.3) is 0 Å². The summed E-state index contributed by atoms with van der Waals surface area (Å²) in [5, 5.41) is 1.07. The van der Waals surface area contributed by atoms with Gasteiger partial charge in [-0.2, -0.15) is 11.8 Å². The Morgan fingerprint density at radius 3 is 2.24 bits per heavy atom. The molecule has 0 aromatic carbocycles. The second-order valence-corrected chi connectivity index (χ2v) is 8.11. The minimum absolute atomic E-state index is 0.00255. The lowest BCUT2D eigenvalue weighted by molar-refractivity contribution is -0.132. The summed E-state index contributed by atoms with van der Waals surface area (Å²) in [6.45, 7) is 12.4. The predicted octanol–water partition coefficient (Wildman–Crippen LogP) is 2.10. The highest BCUT2D eigenvalue weighted by atomic mass is 32.2. The number of thioether (sulfide) groups is 1. The van der Waals surface area contributed by atoms with Crippen LogP contribution in [0.15, 0.2) is 0 Å². The predicted molar refractivity (Wildman–Crippen MR) is 75.1 cm³/mol. The lowest BCUT2D eigenvalue weighted by Gasteiger charge is -2.36. The van der Waals surface area contributed by atoms with E-state index in [0.717, 1.165) is 13.1 Å². The molecule has 1 aliphatic heterocycles. The van der Waals surface area contributed by atoms with Crippen LogP contribution in [0.25, 0.3) is 0 Å². The summed E-state index contributed by atoms with van der Waals surface area (Å²) in [5.74, 6) is 0.214. The van der Waals surface area contributed by atoms with E-state index >= 15 is 0 Å². The van der Waals surface area contributed by atoms with Crippen LogP contribution in [0.2, 0.25) is 0 Å². The third kappa shape index (κ3) is 4.51. The van der Waals surface area contributed by atoms with Gasteiger partial charge in [-0.15, -0.1) is 0 Å². The van der Waals surface area contributed by atoms with E-state index in [9.17, 15) is 4.79 Å². The van der Waals surface area contributed by atoms with Crippen LogP contribution in [-0.4, -0.2) is 40.4 Å². The van der Waals surface area contributed by atoms with Gasteiger partial charge in [-0.3, -0.25) is 4.79 Å². The van der Waals surface area contributed by atoms with Crippen molar-refractivity contribution in [1.29, 1.82) is 0 Å². The molecule has 3 unspecified atom stereocenters. The molecule has 3 nitrogen and oxygen atoms in total. The van der Waals surface area contributed by atoms with Gasteiger partial charge in [0.2, 0.25) is 5.91 Å². The molecular formula is C13H26N2OS. The molecule has 0 radical (unpaired) electrons. The van der Waals surface area contributed by atoms with Crippen molar-refractivity contribution in [2.24, 2.45) is 11.1 Å². The lowest BCUT2D eigenvalue weighted by atomic mass is 9.85. The highest BCUT2D eigenvalue weighted by molar-refractivity contribution is 8.00. The summed E-state index contributed by atoms with van der Waals surface area (Å²) in [7, 11) is 0. The van der Waals surface area contributed by atoms with Crippen molar-refractivity contribution in [2.45, 2.75) is 57.6 Å². The molecule has 0 aromatic heterocycles. The van der Waals surface area contributed by atoms with Gasteiger partial charge in [0.15, 0.2) is 0 Å². The summed E-state index contributed by atoms with van der Waals surface area (Å²) in [6, 6.07) is -0.0600. The Hall–Kier alpha value is -0.220. The van der Waals surface area contributed by atoms with E-state index in [0.29, 0.717) is 16.9 Å². The van der Waals surface area contributed by atoms with Crippen LogP contribution < -0.4 is 5.73 Å². The van der Waals surface area contributed by atoms with E-state index in [2.05, 4.69) is 34.6 Å². The largest absolute Gasteiger partial charge is 0.340 e. The van der Waals surface area contributed by atoms with Crippen LogP contribution in [0.5, 0.6) is 0 Å². The van der Waals surface area contributed by atoms with Crippen molar-refractivity contribution in [3.05, 3.63) is 0 Å². The van der Waals surface area contributed by atoms with Crippen molar-refractivity contribution in [2.75, 3.05) is 13.1 Å². The summed E-state index contributed by atoms with van der Waals surface area (Å²) in [4.78, 5) is 14.2. The quantitative estimate of drug-likeness (QED) is 0.825. The van der Waals surface area contributed by atoms with E-state index < -0.39 is 0 Å². The molecule has 0 aliphatic carbocycles. The summed E-state index contributed by atoms with van der Waals surface area (Å²) >= 11 is 1.96. The Morgan fingerprint density at radius 1 is 1.35 bits per heavy atom. The molecule has 0 spiro atoms. The molecule has 1 rings (SSSR count). The van der Waals surface area contributed by atoms with Crippen molar-refractivity contribution in [3.63, 3.8) is 0 Å². The van der Waals surface area contributed by atoms with E-state index in [1.165, 1.54) is 0 Å². The first-order valence-electron chi connectivity index (χ1n) is 6.39. The molecule has 1 saturated heterocycles. The number of nitrogens with two attached hydrogens (primary N) is 1. The van der Waals surface area contributed by atoms with Crippen molar-refractivity contribution in [1.82, 2.24) is 4.90 Å². The molecule has 0 aromatic rings. The number of nitrogens with zero attached hydrogens (tertiary/aromatic N) is 1. The second kappa shape index (κ2) is 5.61. The number of rotatable bonds is 2. The smallest absolute Gasteiger partial charge is 0.224 e. The molecule has 1 heterocycles. The highest BCUT2D eigenvalue weighted by Crippen LogP contribution is 2.26. The molecule has 1 aliphatic rings. The zero-order chi connectivity index (χ0) is 13.2. The fourth-order valence-electron chi connectivity index (χ4n) is 2.00. The molecule has 100 valence electrons. The fourth-order valence-corrected chi connectivity index (χ4v) is 3.33. The van der Waals surface area contributed by atoms with Gasteiger partial charge in [0.05, 0.1) is 0 Å². The van der Waals surface area contributed by atoms with Gasteiger partial charge in [-0.05, 0) is 5.41 Å². The molecule has 3 atom stereocenters. The Morgan fingerprint density at radius 2 is 1.82 bits per heavy atom. The van der Waals surface area contributed by atoms with Crippen LogP contribution in [0.1, 0.15) is 41.0 Å².